The van der Waals surface area contributed by atoms with E-state index in [4.69, 9.17) is 0 Å². The van der Waals surface area contributed by atoms with Gasteiger partial charge in [-0.15, -0.1) is 0 Å². The molecule has 20 heavy (non-hydrogen) atoms. The second-order valence-electron chi connectivity index (χ2n) is 5.78. The fourth-order valence-corrected chi connectivity index (χ4v) is 2.79. The fraction of sp³-hybridized carbons (Fsp3) is 0.625. The van der Waals surface area contributed by atoms with E-state index in [0.717, 1.165) is 18.7 Å². The lowest BCUT2D eigenvalue weighted by Crippen LogP contribution is -2.36. The van der Waals surface area contributed by atoms with Crippen molar-refractivity contribution in [3.8, 4) is 0 Å². The van der Waals surface area contributed by atoms with Crippen molar-refractivity contribution in [2.75, 3.05) is 19.0 Å². The van der Waals surface area contributed by atoms with Crippen LogP contribution in [-0.2, 0) is 0 Å². The van der Waals surface area contributed by atoms with Crippen LogP contribution in [0, 0.1) is 0 Å². The smallest absolute Gasteiger partial charge is 0.255 e. The molecule has 0 saturated heterocycles. The predicted octanol–water partition coefficient (Wildman–Crippen LogP) is 2.99. The van der Waals surface area contributed by atoms with Crippen molar-refractivity contribution in [2.24, 2.45) is 0 Å². The van der Waals surface area contributed by atoms with E-state index in [1.54, 1.807) is 6.20 Å². The maximum Gasteiger partial charge on any atom is 0.255 e. The lowest BCUT2D eigenvalue weighted by molar-refractivity contribution is 0.0930. The van der Waals surface area contributed by atoms with Gasteiger partial charge in [0, 0.05) is 26.3 Å². The van der Waals surface area contributed by atoms with Gasteiger partial charge in [-0.3, -0.25) is 4.79 Å². The topological polar surface area (TPSA) is 45.2 Å². The SMILES string of the molecule is CN(C)c1ncccc1C(=O)NC1CCCCCCC1. The van der Waals surface area contributed by atoms with Gasteiger partial charge in [-0.05, 0) is 25.0 Å². The molecule has 0 bridgehead atoms. The Balaban J connectivity index is 2.03. The molecule has 4 heteroatoms. The molecule has 2 rings (SSSR count). The standard InChI is InChI=1S/C16H25N3O/c1-19(2)15-14(11-8-12-17-15)16(20)18-13-9-6-4-3-5-7-10-13/h8,11-13H,3-7,9-10H2,1-2H3,(H,18,20). The molecule has 1 aliphatic rings. The van der Waals surface area contributed by atoms with E-state index in [9.17, 15) is 4.79 Å². The summed E-state index contributed by atoms with van der Waals surface area (Å²) in [5.41, 5.74) is 0.666. The minimum absolute atomic E-state index is 0.00683. The van der Waals surface area contributed by atoms with Crippen LogP contribution in [0.2, 0.25) is 0 Å². The van der Waals surface area contributed by atoms with Crippen LogP contribution >= 0.6 is 0 Å². The number of nitrogens with one attached hydrogen (secondary N) is 1. The zero-order valence-electron chi connectivity index (χ0n) is 12.6. The van der Waals surface area contributed by atoms with Gasteiger partial charge >= 0.3 is 0 Å². The summed E-state index contributed by atoms with van der Waals surface area (Å²) in [4.78, 5) is 18.6. The van der Waals surface area contributed by atoms with Gasteiger partial charge in [0.1, 0.15) is 5.82 Å². The van der Waals surface area contributed by atoms with Crippen LogP contribution in [0.4, 0.5) is 5.82 Å². The second kappa shape index (κ2) is 7.27. The van der Waals surface area contributed by atoms with Gasteiger partial charge < -0.3 is 10.2 Å². The Hall–Kier alpha value is -1.58. The van der Waals surface area contributed by atoms with Crippen LogP contribution in [-0.4, -0.2) is 31.0 Å². The number of hydrogen-bond donors (Lipinski definition) is 1. The average molecular weight is 275 g/mol. The number of nitrogens with zero attached hydrogens (tertiary/aromatic N) is 2. The maximum atomic E-state index is 12.5. The van der Waals surface area contributed by atoms with Crippen LogP contribution in [0.1, 0.15) is 55.3 Å². The highest BCUT2D eigenvalue weighted by molar-refractivity contribution is 5.98. The van der Waals surface area contributed by atoms with E-state index in [1.807, 2.05) is 31.1 Å². The molecule has 1 aliphatic carbocycles. The first-order valence-corrected chi connectivity index (χ1v) is 7.61. The molecule has 1 N–H and O–H groups in total. The highest BCUT2D eigenvalue weighted by atomic mass is 16.1. The number of carbonyl (C=O) groups excluding carboxylic acids is 1. The Morgan fingerprint density at radius 3 is 2.50 bits per heavy atom. The summed E-state index contributed by atoms with van der Waals surface area (Å²) < 4.78 is 0. The zero-order valence-corrected chi connectivity index (χ0v) is 12.6. The summed E-state index contributed by atoms with van der Waals surface area (Å²) in [7, 11) is 3.82. The van der Waals surface area contributed by atoms with Gasteiger partial charge in [-0.2, -0.15) is 0 Å². The lowest BCUT2D eigenvalue weighted by Gasteiger charge is -2.22. The zero-order chi connectivity index (χ0) is 14.4. The summed E-state index contributed by atoms with van der Waals surface area (Å²) in [6.45, 7) is 0. The monoisotopic (exact) mass is 275 g/mol. The summed E-state index contributed by atoms with van der Waals surface area (Å²) in [6.07, 6.45) is 10.3. The van der Waals surface area contributed by atoms with E-state index in [0.29, 0.717) is 11.6 Å². The molecule has 1 aromatic heterocycles. The molecule has 1 fully saturated rings. The molecular weight excluding hydrogens is 250 g/mol. The molecule has 4 nitrogen and oxygen atoms in total. The molecule has 0 atom stereocenters. The molecule has 0 aromatic carbocycles. The van der Waals surface area contributed by atoms with Crippen molar-refractivity contribution in [3.05, 3.63) is 23.9 Å². The number of aromatic nitrogens is 1. The number of amides is 1. The number of pyridine rings is 1. The highest BCUT2D eigenvalue weighted by Crippen LogP contribution is 2.19. The van der Waals surface area contributed by atoms with E-state index >= 15 is 0 Å². The molecule has 1 saturated carbocycles. The Morgan fingerprint density at radius 1 is 1.20 bits per heavy atom. The molecule has 1 aromatic rings. The Bertz CT molecular complexity index is 437. The van der Waals surface area contributed by atoms with Crippen LogP contribution in [0.3, 0.4) is 0 Å². The number of hydrogen-bond acceptors (Lipinski definition) is 3. The molecule has 1 heterocycles. The molecule has 0 unspecified atom stereocenters. The number of anilines is 1. The maximum absolute atomic E-state index is 12.5. The lowest BCUT2D eigenvalue weighted by atomic mass is 9.96. The first-order chi connectivity index (χ1) is 9.68. The molecule has 1 amide bonds. The Labute approximate surface area is 121 Å². The predicted molar refractivity (Wildman–Crippen MR) is 82.1 cm³/mol. The van der Waals surface area contributed by atoms with Crippen LogP contribution in [0.25, 0.3) is 0 Å². The molecule has 0 aliphatic heterocycles. The molecule has 0 spiro atoms. The summed E-state index contributed by atoms with van der Waals surface area (Å²) in [6, 6.07) is 3.98. The summed E-state index contributed by atoms with van der Waals surface area (Å²) >= 11 is 0. The molecule has 110 valence electrons. The first kappa shape index (κ1) is 14.8. The van der Waals surface area contributed by atoms with Crippen molar-refractivity contribution < 1.29 is 4.79 Å². The molecular formula is C16H25N3O. The van der Waals surface area contributed by atoms with Gasteiger partial charge in [0.2, 0.25) is 0 Å². The average Bonchev–Trinajstić information content (AvgIpc) is 2.41. The first-order valence-electron chi connectivity index (χ1n) is 7.61. The van der Waals surface area contributed by atoms with Crippen molar-refractivity contribution in [2.45, 2.75) is 51.0 Å². The Morgan fingerprint density at radius 2 is 1.85 bits per heavy atom. The van der Waals surface area contributed by atoms with E-state index < -0.39 is 0 Å². The van der Waals surface area contributed by atoms with Gasteiger partial charge in [0.25, 0.3) is 5.91 Å². The minimum atomic E-state index is 0.00683. The highest BCUT2D eigenvalue weighted by Gasteiger charge is 2.18. The van der Waals surface area contributed by atoms with Crippen molar-refractivity contribution in [1.29, 1.82) is 0 Å². The summed E-state index contributed by atoms with van der Waals surface area (Å²) in [5.74, 6) is 0.739. The van der Waals surface area contributed by atoms with E-state index in [2.05, 4.69) is 10.3 Å². The van der Waals surface area contributed by atoms with Gasteiger partial charge in [-0.1, -0.05) is 32.1 Å². The largest absolute Gasteiger partial charge is 0.362 e. The third kappa shape index (κ3) is 3.95. The van der Waals surface area contributed by atoms with Gasteiger partial charge in [0.05, 0.1) is 5.56 Å². The van der Waals surface area contributed by atoms with Crippen molar-refractivity contribution in [3.63, 3.8) is 0 Å². The van der Waals surface area contributed by atoms with Gasteiger partial charge in [0.15, 0.2) is 0 Å². The third-order valence-corrected chi connectivity index (χ3v) is 3.90. The summed E-state index contributed by atoms with van der Waals surface area (Å²) in [5, 5.41) is 3.19. The van der Waals surface area contributed by atoms with Crippen LogP contribution < -0.4 is 10.2 Å². The third-order valence-electron chi connectivity index (χ3n) is 3.90. The number of carbonyl (C=O) groups is 1. The second-order valence-corrected chi connectivity index (χ2v) is 5.78. The Kier molecular flexibility index (Phi) is 5.39. The van der Waals surface area contributed by atoms with Crippen LogP contribution in [0.15, 0.2) is 18.3 Å². The van der Waals surface area contributed by atoms with Crippen LogP contribution in [0.5, 0.6) is 0 Å². The van der Waals surface area contributed by atoms with Crippen molar-refractivity contribution in [1.82, 2.24) is 10.3 Å². The minimum Gasteiger partial charge on any atom is -0.362 e. The van der Waals surface area contributed by atoms with Gasteiger partial charge in [-0.25, -0.2) is 4.98 Å². The quantitative estimate of drug-likeness (QED) is 0.922. The normalized spacial score (nSPS) is 17.1. The molecule has 0 radical (unpaired) electrons. The van der Waals surface area contributed by atoms with E-state index in [1.165, 1.54) is 32.1 Å². The van der Waals surface area contributed by atoms with Crippen molar-refractivity contribution >= 4 is 11.7 Å². The number of rotatable bonds is 3. The fourth-order valence-electron chi connectivity index (χ4n) is 2.79. The van der Waals surface area contributed by atoms with E-state index in [-0.39, 0.29) is 5.91 Å².